The minimum absolute atomic E-state index is 0.540. The smallest absolute Gasteiger partial charge is 0.109 e. The van der Waals surface area contributed by atoms with Gasteiger partial charge in [0.15, 0.2) is 0 Å². The van der Waals surface area contributed by atoms with Crippen LogP contribution in [-0.4, -0.2) is 9.97 Å². The summed E-state index contributed by atoms with van der Waals surface area (Å²) in [7, 11) is 0. The fraction of sp³-hybridized carbons (Fsp3) is 0.812. The number of aromatic amines is 1. The predicted molar refractivity (Wildman–Crippen MR) is 78.7 cm³/mol. The molecule has 0 radical (unpaired) electrons. The van der Waals surface area contributed by atoms with E-state index in [9.17, 15) is 0 Å². The molecule has 0 amide bonds. The number of unbranched alkanes of at least 4 members (excludes halogenated alkanes) is 2. The Bertz CT molecular complexity index is 292. The van der Waals surface area contributed by atoms with Gasteiger partial charge in [0.2, 0.25) is 0 Å². The van der Waals surface area contributed by atoms with Crippen molar-refractivity contribution >= 4 is 0 Å². The number of aromatic nitrogens is 2. The number of hydrogen-bond acceptors (Lipinski definition) is 1. The van der Waals surface area contributed by atoms with Gasteiger partial charge in [-0.3, -0.25) is 0 Å². The van der Waals surface area contributed by atoms with E-state index in [1.165, 1.54) is 38.5 Å². The molecule has 1 rings (SSSR count). The summed E-state index contributed by atoms with van der Waals surface area (Å²) in [4.78, 5) is 7.69. The fourth-order valence-electron chi connectivity index (χ4n) is 2.88. The van der Waals surface area contributed by atoms with Crippen LogP contribution in [0.3, 0.4) is 0 Å². The molecule has 0 spiro atoms. The highest BCUT2D eigenvalue weighted by Crippen LogP contribution is 2.33. The van der Waals surface area contributed by atoms with Gasteiger partial charge in [-0.1, -0.05) is 66.2 Å². The summed E-state index contributed by atoms with van der Waals surface area (Å²) in [6, 6.07) is 0. The summed E-state index contributed by atoms with van der Waals surface area (Å²) in [6.45, 7) is 9.30. The van der Waals surface area contributed by atoms with Gasteiger partial charge in [0.1, 0.15) is 5.82 Å². The molecule has 0 aliphatic heterocycles. The Morgan fingerprint density at radius 2 is 1.89 bits per heavy atom. The lowest BCUT2D eigenvalue weighted by molar-refractivity contribution is 0.266. The van der Waals surface area contributed by atoms with Crippen LogP contribution in [0.25, 0.3) is 0 Å². The summed E-state index contributed by atoms with van der Waals surface area (Å²) in [5, 5.41) is 0. The van der Waals surface area contributed by atoms with E-state index in [0.29, 0.717) is 11.8 Å². The van der Waals surface area contributed by atoms with Gasteiger partial charge in [0.05, 0.1) is 0 Å². The molecule has 1 heterocycles. The second kappa shape index (κ2) is 8.34. The van der Waals surface area contributed by atoms with Crippen LogP contribution in [0, 0.1) is 11.8 Å². The Labute approximate surface area is 113 Å². The van der Waals surface area contributed by atoms with Gasteiger partial charge >= 0.3 is 0 Å². The molecule has 1 aromatic heterocycles. The number of H-pyrrole nitrogens is 1. The first-order chi connectivity index (χ1) is 8.70. The average molecular weight is 250 g/mol. The highest BCUT2D eigenvalue weighted by molar-refractivity contribution is 4.97. The van der Waals surface area contributed by atoms with Gasteiger partial charge in [-0.2, -0.15) is 0 Å². The van der Waals surface area contributed by atoms with Crippen molar-refractivity contribution in [3.8, 4) is 0 Å². The molecule has 3 unspecified atom stereocenters. The Kier molecular flexibility index (Phi) is 7.07. The minimum atomic E-state index is 0.540. The first-order valence-electron chi connectivity index (χ1n) is 7.69. The highest BCUT2D eigenvalue weighted by atomic mass is 14.9. The summed E-state index contributed by atoms with van der Waals surface area (Å²) >= 11 is 0. The maximum atomic E-state index is 4.42. The minimum Gasteiger partial charge on any atom is -0.348 e. The standard InChI is InChI=1S/C16H30N2/c1-5-7-8-10-15(9-6-2)13(3)14(4)16-17-11-12-18-16/h11-15H,5-10H2,1-4H3,(H,17,18). The van der Waals surface area contributed by atoms with Crippen molar-refractivity contribution in [1.29, 1.82) is 0 Å². The largest absolute Gasteiger partial charge is 0.348 e. The zero-order chi connectivity index (χ0) is 13.4. The normalized spacial score (nSPS) is 16.4. The van der Waals surface area contributed by atoms with Crippen molar-refractivity contribution < 1.29 is 0 Å². The van der Waals surface area contributed by atoms with Crippen molar-refractivity contribution in [2.24, 2.45) is 11.8 Å². The molecule has 0 saturated heterocycles. The van der Waals surface area contributed by atoms with E-state index in [0.717, 1.165) is 11.7 Å². The van der Waals surface area contributed by atoms with Crippen LogP contribution >= 0.6 is 0 Å². The second-order valence-corrected chi connectivity index (χ2v) is 5.67. The Balaban J connectivity index is 2.54. The quantitative estimate of drug-likeness (QED) is 0.603. The highest BCUT2D eigenvalue weighted by Gasteiger charge is 2.24. The Morgan fingerprint density at radius 1 is 1.11 bits per heavy atom. The lowest BCUT2D eigenvalue weighted by Crippen LogP contribution is -2.19. The molecule has 104 valence electrons. The number of nitrogens with one attached hydrogen (secondary N) is 1. The van der Waals surface area contributed by atoms with Gasteiger partial charge in [-0.05, 0) is 11.8 Å². The van der Waals surface area contributed by atoms with Crippen LogP contribution in [0.4, 0.5) is 0 Å². The predicted octanol–water partition coefficient (Wildman–Crippen LogP) is 5.15. The van der Waals surface area contributed by atoms with Crippen molar-refractivity contribution in [1.82, 2.24) is 9.97 Å². The third-order valence-corrected chi connectivity index (χ3v) is 4.32. The molecule has 3 atom stereocenters. The molecule has 1 N–H and O–H groups in total. The number of nitrogens with zero attached hydrogens (tertiary/aromatic N) is 1. The van der Waals surface area contributed by atoms with Crippen molar-refractivity contribution in [3.05, 3.63) is 18.2 Å². The van der Waals surface area contributed by atoms with E-state index in [-0.39, 0.29) is 0 Å². The van der Waals surface area contributed by atoms with Crippen LogP contribution in [0.5, 0.6) is 0 Å². The number of hydrogen-bond donors (Lipinski definition) is 1. The molecular formula is C16H30N2. The molecular weight excluding hydrogens is 220 g/mol. The van der Waals surface area contributed by atoms with Gasteiger partial charge in [-0.25, -0.2) is 4.98 Å². The van der Waals surface area contributed by atoms with Gasteiger partial charge in [-0.15, -0.1) is 0 Å². The van der Waals surface area contributed by atoms with E-state index < -0.39 is 0 Å². The van der Waals surface area contributed by atoms with Gasteiger partial charge in [0, 0.05) is 18.3 Å². The molecule has 0 aliphatic carbocycles. The van der Waals surface area contributed by atoms with E-state index in [1.807, 2.05) is 12.4 Å². The molecule has 2 nitrogen and oxygen atoms in total. The van der Waals surface area contributed by atoms with Crippen LogP contribution in [-0.2, 0) is 0 Å². The van der Waals surface area contributed by atoms with E-state index in [1.54, 1.807) is 0 Å². The molecule has 0 fully saturated rings. The summed E-state index contributed by atoms with van der Waals surface area (Å²) in [6.07, 6.45) is 11.9. The summed E-state index contributed by atoms with van der Waals surface area (Å²) in [5.74, 6) is 3.26. The van der Waals surface area contributed by atoms with Crippen LogP contribution in [0.1, 0.15) is 78.0 Å². The topological polar surface area (TPSA) is 28.7 Å². The second-order valence-electron chi connectivity index (χ2n) is 5.67. The number of imidazole rings is 1. The van der Waals surface area contributed by atoms with Crippen molar-refractivity contribution in [3.63, 3.8) is 0 Å². The molecule has 0 bridgehead atoms. The lowest BCUT2D eigenvalue weighted by atomic mass is 9.78. The molecule has 2 heteroatoms. The lowest BCUT2D eigenvalue weighted by Gasteiger charge is -2.28. The first kappa shape index (κ1) is 15.3. The summed E-state index contributed by atoms with van der Waals surface area (Å²) in [5.41, 5.74) is 0. The van der Waals surface area contributed by atoms with E-state index in [4.69, 9.17) is 0 Å². The fourth-order valence-corrected chi connectivity index (χ4v) is 2.88. The molecule has 0 aromatic carbocycles. The van der Waals surface area contributed by atoms with Gasteiger partial charge in [0.25, 0.3) is 0 Å². The van der Waals surface area contributed by atoms with Crippen LogP contribution in [0.2, 0.25) is 0 Å². The number of rotatable bonds is 9. The van der Waals surface area contributed by atoms with Crippen LogP contribution < -0.4 is 0 Å². The molecule has 0 saturated carbocycles. The third kappa shape index (κ3) is 4.47. The molecule has 0 aliphatic rings. The van der Waals surface area contributed by atoms with E-state index in [2.05, 4.69) is 37.7 Å². The Hall–Kier alpha value is -0.790. The Morgan fingerprint density at radius 3 is 2.44 bits per heavy atom. The first-order valence-corrected chi connectivity index (χ1v) is 7.69. The maximum absolute atomic E-state index is 4.42. The molecule has 1 aromatic rings. The van der Waals surface area contributed by atoms with Crippen molar-refractivity contribution in [2.75, 3.05) is 0 Å². The van der Waals surface area contributed by atoms with Crippen molar-refractivity contribution in [2.45, 2.75) is 72.1 Å². The maximum Gasteiger partial charge on any atom is 0.109 e. The van der Waals surface area contributed by atoms with E-state index >= 15 is 0 Å². The zero-order valence-corrected chi connectivity index (χ0v) is 12.6. The summed E-state index contributed by atoms with van der Waals surface area (Å²) < 4.78 is 0. The molecule has 18 heavy (non-hydrogen) atoms. The third-order valence-electron chi connectivity index (χ3n) is 4.32. The SMILES string of the molecule is CCCCCC(CCC)C(C)C(C)c1ncc[nH]1. The zero-order valence-electron chi connectivity index (χ0n) is 12.6. The van der Waals surface area contributed by atoms with Crippen LogP contribution in [0.15, 0.2) is 12.4 Å². The van der Waals surface area contributed by atoms with Gasteiger partial charge < -0.3 is 4.98 Å². The average Bonchev–Trinajstić information content (AvgIpc) is 2.90. The monoisotopic (exact) mass is 250 g/mol.